The van der Waals surface area contributed by atoms with Crippen molar-refractivity contribution < 1.29 is 4.79 Å². The van der Waals surface area contributed by atoms with E-state index in [-0.39, 0.29) is 21.6 Å². The van der Waals surface area contributed by atoms with Crippen LogP contribution < -0.4 is 11.1 Å². The topological polar surface area (TPSA) is 55.1 Å². The van der Waals surface area contributed by atoms with Crippen LogP contribution in [0, 0.1) is 0 Å². The van der Waals surface area contributed by atoms with E-state index in [2.05, 4.69) is 5.32 Å². The number of nitrogens with two attached hydrogens (primary N) is 1. The van der Waals surface area contributed by atoms with Crippen LogP contribution in [0.3, 0.4) is 0 Å². The maximum atomic E-state index is 12.0. The molecule has 0 aliphatic heterocycles. The maximum absolute atomic E-state index is 12.0. The molecule has 1 amide bonds. The third-order valence-electron chi connectivity index (χ3n) is 2.42. The van der Waals surface area contributed by atoms with Gasteiger partial charge in [-0.05, 0) is 30.3 Å². The number of hydrogen-bond acceptors (Lipinski definition) is 2. The van der Waals surface area contributed by atoms with Crippen LogP contribution >= 0.6 is 34.8 Å². The van der Waals surface area contributed by atoms with Crippen LogP contribution in [0.2, 0.25) is 15.1 Å². The number of hydrogen-bond donors (Lipinski definition) is 2. The van der Waals surface area contributed by atoms with Gasteiger partial charge in [-0.25, -0.2) is 0 Å². The molecular weight excluding hydrogens is 307 g/mol. The van der Waals surface area contributed by atoms with Crippen molar-refractivity contribution in [1.82, 2.24) is 0 Å². The SMILES string of the molecule is Nc1c(Cl)cc(NC(=O)c2cccc(Cl)c2)cc1Cl. The van der Waals surface area contributed by atoms with E-state index in [0.29, 0.717) is 16.3 Å². The summed E-state index contributed by atoms with van der Waals surface area (Å²) in [6, 6.07) is 9.67. The highest BCUT2D eigenvalue weighted by Gasteiger charge is 2.09. The van der Waals surface area contributed by atoms with Crippen LogP contribution in [-0.2, 0) is 0 Å². The predicted molar refractivity (Wildman–Crippen MR) is 80.3 cm³/mol. The highest BCUT2D eigenvalue weighted by molar-refractivity contribution is 6.39. The molecule has 0 aromatic heterocycles. The molecule has 0 radical (unpaired) electrons. The van der Waals surface area contributed by atoms with E-state index < -0.39 is 0 Å². The normalized spacial score (nSPS) is 10.3. The lowest BCUT2D eigenvalue weighted by molar-refractivity contribution is 0.102. The van der Waals surface area contributed by atoms with E-state index in [1.807, 2.05) is 0 Å². The van der Waals surface area contributed by atoms with Crippen molar-refractivity contribution in [2.24, 2.45) is 0 Å². The van der Waals surface area contributed by atoms with Gasteiger partial charge < -0.3 is 11.1 Å². The van der Waals surface area contributed by atoms with Crippen molar-refractivity contribution in [2.45, 2.75) is 0 Å². The maximum Gasteiger partial charge on any atom is 0.255 e. The Labute approximate surface area is 125 Å². The largest absolute Gasteiger partial charge is 0.396 e. The molecule has 0 unspecified atom stereocenters. The number of anilines is 2. The molecule has 0 heterocycles. The summed E-state index contributed by atoms with van der Waals surface area (Å²) in [4.78, 5) is 12.0. The van der Waals surface area contributed by atoms with E-state index in [0.717, 1.165) is 0 Å². The lowest BCUT2D eigenvalue weighted by atomic mass is 10.2. The number of rotatable bonds is 2. The molecule has 6 heteroatoms. The van der Waals surface area contributed by atoms with Gasteiger partial charge in [0, 0.05) is 16.3 Å². The van der Waals surface area contributed by atoms with Crippen LogP contribution in [-0.4, -0.2) is 5.91 Å². The average Bonchev–Trinajstić information content (AvgIpc) is 2.36. The first-order valence-electron chi connectivity index (χ1n) is 5.29. The first kappa shape index (κ1) is 14.0. The van der Waals surface area contributed by atoms with E-state index in [1.54, 1.807) is 24.3 Å². The van der Waals surface area contributed by atoms with Gasteiger partial charge >= 0.3 is 0 Å². The van der Waals surface area contributed by atoms with Gasteiger partial charge in [0.15, 0.2) is 0 Å². The molecule has 0 saturated heterocycles. The Morgan fingerprint density at radius 1 is 1.05 bits per heavy atom. The van der Waals surface area contributed by atoms with E-state index in [4.69, 9.17) is 40.5 Å². The highest BCUT2D eigenvalue weighted by atomic mass is 35.5. The van der Waals surface area contributed by atoms with Gasteiger partial charge in [0.1, 0.15) is 0 Å². The number of nitrogens with one attached hydrogen (secondary N) is 1. The van der Waals surface area contributed by atoms with E-state index in [1.165, 1.54) is 12.1 Å². The predicted octanol–water partition coefficient (Wildman–Crippen LogP) is 4.48. The summed E-state index contributed by atoms with van der Waals surface area (Å²) in [5.41, 5.74) is 6.81. The lowest BCUT2D eigenvalue weighted by Gasteiger charge is -2.08. The standard InChI is InChI=1S/C13H9Cl3N2O/c14-8-3-1-2-7(4-8)13(19)18-9-5-10(15)12(17)11(16)6-9/h1-6H,17H2,(H,18,19). The Morgan fingerprint density at radius 2 is 1.68 bits per heavy atom. The summed E-state index contributed by atoms with van der Waals surface area (Å²) >= 11 is 17.6. The van der Waals surface area contributed by atoms with Gasteiger partial charge in [-0.3, -0.25) is 4.79 Å². The molecule has 19 heavy (non-hydrogen) atoms. The Kier molecular flexibility index (Phi) is 4.20. The zero-order chi connectivity index (χ0) is 14.0. The fraction of sp³-hybridized carbons (Fsp3) is 0. The molecule has 0 fully saturated rings. The molecule has 3 N–H and O–H groups in total. The first-order chi connectivity index (χ1) is 8.97. The summed E-state index contributed by atoms with van der Waals surface area (Å²) in [6.45, 7) is 0. The number of amides is 1. The minimum Gasteiger partial charge on any atom is -0.396 e. The molecule has 0 aliphatic rings. The van der Waals surface area contributed by atoms with Gasteiger partial charge in [0.25, 0.3) is 5.91 Å². The summed E-state index contributed by atoms with van der Waals surface area (Å²) in [6.07, 6.45) is 0. The zero-order valence-electron chi connectivity index (χ0n) is 9.58. The van der Waals surface area contributed by atoms with Crippen LogP contribution in [0.5, 0.6) is 0 Å². The highest BCUT2D eigenvalue weighted by Crippen LogP contribution is 2.31. The summed E-state index contributed by atoms with van der Waals surface area (Å²) in [7, 11) is 0. The average molecular weight is 316 g/mol. The van der Waals surface area contributed by atoms with Gasteiger partial charge in [-0.1, -0.05) is 40.9 Å². The number of benzene rings is 2. The number of halogens is 3. The Hall–Kier alpha value is -1.42. The van der Waals surface area contributed by atoms with Gasteiger partial charge in [-0.15, -0.1) is 0 Å². The van der Waals surface area contributed by atoms with Gasteiger partial charge in [-0.2, -0.15) is 0 Å². The third kappa shape index (κ3) is 3.32. The molecule has 0 spiro atoms. The van der Waals surface area contributed by atoms with Gasteiger partial charge in [0.05, 0.1) is 15.7 Å². The molecule has 0 aliphatic carbocycles. The van der Waals surface area contributed by atoms with Crippen molar-refractivity contribution in [3.8, 4) is 0 Å². The van der Waals surface area contributed by atoms with Crippen LogP contribution in [0.4, 0.5) is 11.4 Å². The number of nitrogen functional groups attached to an aromatic ring is 1. The van der Waals surface area contributed by atoms with Crippen LogP contribution in [0.25, 0.3) is 0 Å². The molecule has 3 nitrogen and oxygen atoms in total. The second kappa shape index (κ2) is 5.70. The molecule has 0 saturated carbocycles. The lowest BCUT2D eigenvalue weighted by Crippen LogP contribution is -2.11. The van der Waals surface area contributed by atoms with Crippen molar-refractivity contribution in [1.29, 1.82) is 0 Å². The fourth-order valence-corrected chi connectivity index (χ4v) is 2.17. The molecule has 2 aromatic rings. The Bertz CT molecular complexity index is 621. The Morgan fingerprint density at radius 3 is 2.26 bits per heavy atom. The van der Waals surface area contributed by atoms with Crippen molar-refractivity contribution in [3.63, 3.8) is 0 Å². The second-order valence-corrected chi connectivity index (χ2v) is 5.07. The Balaban J connectivity index is 2.24. The smallest absolute Gasteiger partial charge is 0.255 e. The number of carbonyl (C=O) groups excluding carboxylic acids is 1. The number of carbonyl (C=O) groups is 1. The van der Waals surface area contributed by atoms with Gasteiger partial charge in [0.2, 0.25) is 0 Å². The monoisotopic (exact) mass is 314 g/mol. The van der Waals surface area contributed by atoms with Crippen molar-refractivity contribution >= 4 is 52.1 Å². The van der Waals surface area contributed by atoms with Crippen LogP contribution in [0.15, 0.2) is 36.4 Å². The molecule has 2 aromatic carbocycles. The molecule has 0 bridgehead atoms. The quantitative estimate of drug-likeness (QED) is 0.803. The minimum absolute atomic E-state index is 0.282. The molecule has 2 rings (SSSR count). The first-order valence-corrected chi connectivity index (χ1v) is 6.42. The molecule has 0 atom stereocenters. The van der Waals surface area contributed by atoms with E-state index in [9.17, 15) is 4.79 Å². The third-order valence-corrected chi connectivity index (χ3v) is 3.28. The summed E-state index contributed by atoms with van der Waals surface area (Å²) in [5.74, 6) is -0.306. The fourth-order valence-electron chi connectivity index (χ4n) is 1.49. The van der Waals surface area contributed by atoms with Crippen molar-refractivity contribution in [2.75, 3.05) is 11.1 Å². The minimum atomic E-state index is -0.306. The molecule has 98 valence electrons. The second-order valence-electron chi connectivity index (χ2n) is 3.82. The zero-order valence-corrected chi connectivity index (χ0v) is 11.9. The summed E-state index contributed by atoms with van der Waals surface area (Å²) < 4.78 is 0. The molecular formula is C13H9Cl3N2O. The van der Waals surface area contributed by atoms with Crippen molar-refractivity contribution in [3.05, 3.63) is 57.0 Å². The van der Waals surface area contributed by atoms with Crippen LogP contribution in [0.1, 0.15) is 10.4 Å². The van der Waals surface area contributed by atoms with E-state index >= 15 is 0 Å². The summed E-state index contributed by atoms with van der Waals surface area (Å²) in [5, 5.41) is 3.73.